The Balaban J connectivity index is 2.24. The average molecular weight is 298 g/mol. The van der Waals surface area contributed by atoms with Crippen LogP contribution < -0.4 is 10.6 Å². The molecule has 0 aliphatic rings. The molecule has 0 bridgehead atoms. The van der Waals surface area contributed by atoms with E-state index in [1.807, 2.05) is 36.2 Å². The minimum Gasteiger partial charge on any atom is -0.355 e. The number of rotatable bonds is 7. The van der Waals surface area contributed by atoms with Gasteiger partial charge in [-0.15, -0.1) is 0 Å². The molecule has 0 atom stereocenters. The van der Waals surface area contributed by atoms with E-state index in [1.165, 1.54) is 6.92 Å². The molecular weight excluding hydrogens is 278 g/mol. The first-order valence-electron chi connectivity index (χ1n) is 6.41. The van der Waals surface area contributed by atoms with Crippen molar-refractivity contribution in [3.05, 3.63) is 34.9 Å². The lowest BCUT2D eigenvalue weighted by Gasteiger charge is -2.16. The Morgan fingerprint density at radius 3 is 2.35 bits per heavy atom. The molecule has 6 heteroatoms. The van der Waals surface area contributed by atoms with E-state index in [9.17, 15) is 9.59 Å². The molecule has 0 fully saturated rings. The quantitative estimate of drug-likeness (QED) is 0.739. The number of carbonyl (C=O) groups is 2. The van der Waals surface area contributed by atoms with E-state index >= 15 is 0 Å². The van der Waals surface area contributed by atoms with Gasteiger partial charge in [-0.25, -0.2) is 0 Å². The van der Waals surface area contributed by atoms with Crippen LogP contribution in [0.2, 0.25) is 5.02 Å². The van der Waals surface area contributed by atoms with Crippen LogP contribution in [0.5, 0.6) is 0 Å². The van der Waals surface area contributed by atoms with Gasteiger partial charge < -0.3 is 10.6 Å². The summed E-state index contributed by atoms with van der Waals surface area (Å²) in [5, 5.41) is 6.07. The van der Waals surface area contributed by atoms with Gasteiger partial charge in [-0.2, -0.15) is 0 Å². The second kappa shape index (κ2) is 8.55. The minimum absolute atomic E-state index is 0.0631. The second-order valence-corrected chi connectivity index (χ2v) is 5.07. The van der Waals surface area contributed by atoms with Crippen molar-refractivity contribution in [2.75, 3.05) is 26.7 Å². The molecule has 0 heterocycles. The van der Waals surface area contributed by atoms with Crippen molar-refractivity contribution >= 4 is 23.4 Å². The van der Waals surface area contributed by atoms with E-state index in [1.54, 1.807) is 0 Å². The molecule has 0 aliphatic carbocycles. The fraction of sp³-hybridized carbons (Fsp3) is 0.429. The molecule has 0 aromatic heterocycles. The number of hydrogen-bond donors (Lipinski definition) is 2. The van der Waals surface area contributed by atoms with Crippen molar-refractivity contribution in [2.24, 2.45) is 0 Å². The zero-order valence-electron chi connectivity index (χ0n) is 11.8. The molecule has 5 nitrogen and oxygen atoms in total. The molecule has 2 N–H and O–H groups in total. The monoisotopic (exact) mass is 297 g/mol. The van der Waals surface area contributed by atoms with E-state index in [-0.39, 0.29) is 11.8 Å². The highest BCUT2D eigenvalue weighted by Gasteiger charge is 2.06. The number of likely N-dealkylation sites (N-methyl/N-ethyl adjacent to an activating group) is 1. The first-order valence-corrected chi connectivity index (χ1v) is 6.79. The van der Waals surface area contributed by atoms with Gasteiger partial charge in [-0.05, 0) is 24.7 Å². The largest absolute Gasteiger partial charge is 0.355 e. The second-order valence-electron chi connectivity index (χ2n) is 4.63. The van der Waals surface area contributed by atoms with Crippen molar-refractivity contribution in [2.45, 2.75) is 13.5 Å². The highest BCUT2D eigenvalue weighted by atomic mass is 35.5. The van der Waals surface area contributed by atoms with Crippen molar-refractivity contribution in [1.82, 2.24) is 15.5 Å². The van der Waals surface area contributed by atoms with E-state index in [2.05, 4.69) is 10.6 Å². The van der Waals surface area contributed by atoms with Crippen LogP contribution in [0.15, 0.2) is 24.3 Å². The molecule has 110 valence electrons. The number of amides is 2. The van der Waals surface area contributed by atoms with Gasteiger partial charge in [0.1, 0.15) is 0 Å². The van der Waals surface area contributed by atoms with E-state index in [0.717, 1.165) is 5.56 Å². The Morgan fingerprint density at radius 2 is 1.75 bits per heavy atom. The Kier molecular flexibility index (Phi) is 7.04. The molecule has 20 heavy (non-hydrogen) atoms. The summed E-state index contributed by atoms with van der Waals surface area (Å²) < 4.78 is 0. The molecule has 0 radical (unpaired) electrons. The number of carbonyl (C=O) groups excluding carboxylic acids is 2. The van der Waals surface area contributed by atoms with Gasteiger partial charge in [0.25, 0.3) is 0 Å². The van der Waals surface area contributed by atoms with Crippen LogP contribution in [-0.2, 0) is 16.1 Å². The summed E-state index contributed by atoms with van der Waals surface area (Å²) in [5.41, 5.74) is 1.10. The summed E-state index contributed by atoms with van der Waals surface area (Å²) in [6, 6.07) is 7.54. The lowest BCUT2D eigenvalue weighted by Crippen LogP contribution is -2.38. The Hall–Kier alpha value is -1.59. The summed E-state index contributed by atoms with van der Waals surface area (Å²) in [7, 11) is 1.88. The van der Waals surface area contributed by atoms with Crippen molar-refractivity contribution in [3.8, 4) is 0 Å². The fourth-order valence-corrected chi connectivity index (χ4v) is 1.82. The van der Waals surface area contributed by atoms with Crippen molar-refractivity contribution in [3.63, 3.8) is 0 Å². The van der Waals surface area contributed by atoms with Crippen LogP contribution in [-0.4, -0.2) is 43.4 Å². The predicted molar refractivity (Wildman–Crippen MR) is 79.5 cm³/mol. The lowest BCUT2D eigenvalue weighted by molar-refractivity contribution is -0.122. The van der Waals surface area contributed by atoms with Crippen LogP contribution in [0, 0.1) is 0 Å². The maximum absolute atomic E-state index is 11.7. The van der Waals surface area contributed by atoms with Crippen LogP contribution in [0.4, 0.5) is 0 Å². The normalized spacial score (nSPS) is 10.4. The van der Waals surface area contributed by atoms with Crippen LogP contribution in [0.3, 0.4) is 0 Å². The van der Waals surface area contributed by atoms with Gasteiger partial charge >= 0.3 is 0 Å². The summed E-state index contributed by atoms with van der Waals surface area (Å²) in [5.74, 6) is -0.161. The fourth-order valence-electron chi connectivity index (χ4n) is 1.70. The highest BCUT2D eigenvalue weighted by Crippen LogP contribution is 2.10. The highest BCUT2D eigenvalue weighted by molar-refractivity contribution is 6.30. The Bertz CT molecular complexity index is 448. The van der Waals surface area contributed by atoms with Gasteiger partial charge in [-0.3, -0.25) is 14.5 Å². The molecule has 0 aliphatic heterocycles. The van der Waals surface area contributed by atoms with Gasteiger partial charge in [0.05, 0.1) is 6.54 Å². The van der Waals surface area contributed by atoms with Gasteiger partial charge in [0, 0.05) is 31.6 Å². The molecule has 1 aromatic rings. The van der Waals surface area contributed by atoms with Crippen LogP contribution >= 0.6 is 11.6 Å². The van der Waals surface area contributed by atoms with Crippen molar-refractivity contribution in [1.29, 1.82) is 0 Å². The van der Waals surface area contributed by atoms with Crippen molar-refractivity contribution < 1.29 is 9.59 Å². The topological polar surface area (TPSA) is 61.4 Å². The summed E-state index contributed by atoms with van der Waals surface area (Å²) in [4.78, 5) is 24.2. The summed E-state index contributed by atoms with van der Waals surface area (Å²) in [6.45, 7) is 3.32. The molecule has 0 saturated heterocycles. The molecular formula is C14H20ClN3O2. The average Bonchev–Trinajstić information content (AvgIpc) is 2.37. The zero-order valence-corrected chi connectivity index (χ0v) is 12.5. The Morgan fingerprint density at radius 1 is 1.15 bits per heavy atom. The molecule has 0 spiro atoms. The van der Waals surface area contributed by atoms with Gasteiger partial charge in [0.2, 0.25) is 11.8 Å². The number of nitrogens with one attached hydrogen (secondary N) is 2. The Labute approximate surface area is 124 Å². The lowest BCUT2D eigenvalue weighted by atomic mass is 10.2. The number of nitrogens with zero attached hydrogens (tertiary/aromatic N) is 1. The smallest absolute Gasteiger partial charge is 0.234 e. The first-order chi connectivity index (χ1) is 9.47. The van der Waals surface area contributed by atoms with Gasteiger partial charge in [0.15, 0.2) is 0 Å². The van der Waals surface area contributed by atoms with E-state index in [0.29, 0.717) is 31.2 Å². The van der Waals surface area contributed by atoms with E-state index in [4.69, 9.17) is 11.6 Å². The van der Waals surface area contributed by atoms with E-state index < -0.39 is 0 Å². The third-order valence-corrected chi connectivity index (χ3v) is 2.85. The first kappa shape index (κ1) is 16.5. The van der Waals surface area contributed by atoms with Crippen LogP contribution in [0.25, 0.3) is 0 Å². The minimum atomic E-state index is -0.0981. The van der Waals surface area contributed by atoms with Crippen LogP contribution in [0.1, 0.15) is 12.5 Å². The number of hydrogen-bond acceptors (Lipinski definition) is 3. The molecule has 0 unspecified atom stereocenters. The molecule has 2 amide bonds. The third kappa shape index (κ3) is 7.11. The molecule has 1 rings (SSSR count). The standard InChI is InChI=1S/C14H20ClN3O2/c1-11(19)16-7-8-17-14(20)10-18(2)9-12-3-5-13(15)6-4-12/h3-6H,7-10H2,1-2H3,(H,16,19)(H,17,20). The zero-order chi connectivity index (χ0) is 15.0. The van der Waals surface area contributed by atoms with Gasteiger partial charge in [-0.1, -0.05) is 23.7 Å². The predicted octanol–water partition coefficient (Wildman–Crippen LogP) is 1.02. The summed E-state index contributed by atoms with van der Waals surface area (Å²) >= 11 is 5.82. The molecule has 1 aromatic carbocycles. The maximum atomic E-state index is 11.7. The third-order valence-electron chi connectivity index (χ3n) is 2.60. The summed E-state index contributed by atoms with van der Waals surface area (Å²) in [6.07, 6.45) is 0. The molecule has 0 saturated carbocycles. The maximum Gasteiger partial charge on any atom is 0.234 e. The number of benzene rings is 1. The SMILES string of the molecule is CC(=O)NCCNC(=O)CN(C)Cc1ccc(Cl)cc1. The number of halogens is 1.